The smallest absolute Gasteiger partial charge is 0 e. The summed E-state index contributed by atoms with van der Waals surface area (Å²) in [6.45, 7) is 2.22. The van der Waals surface area contributed by atoms with E-state index in [0.717, 1.165) is 6.42 Å². The molecule has 0 saturated carbocycles. The first-order chi connectivity index (χ1) is 2.41. The molecule has 0 aromatic rings. The summed E-state index contributed by atoms with van der Waals surface area (Å²) in [6.07, 6.45) is 2.77. The van der Waals surface area contributed by atoms with Crippen LogP contribution in [0.5, 0.6) is 0 Å². The van der Waals surface area contributed by atoms with Crippen LogP contribution in [0.4, 0.5) is 0 Å². The van der Waals surface area contributed by atoms with Gasteiger partial charge in [-0.15, -0.1) is 0 Å². The van der Waals surface area contributed by atoms with Crippen molar-refractivity contribution in [2.24, 2.45) is 0 Å². The van der Waals surface area contributed by atoms with E-state index in [4.69, 9.17) is 5.11 Å². The monoisotopic (exact) mass is 346 g/mol. The van der Waals surface area contributed by atoms with Gasteiger partial charge in [0.15, 0.2) is 0 Å². The Balaban J connectivity index is -0.0000000800. The van der Waals surface area contributed by atoms with Crippen LogP contribution in [-0.4, -0.2) is 11.7 Å². The van der Waals surface area contributed by atoms with Gasteiger partial charge in [-0.2, -0.15) is 6.42 Å². The quantitative estimate of drug-likeness (QED) is 0.726. The first-order valence-electron chi connectivity index (χ1n) is 1.84. The topological polar surface area (TPSA) is 20.2 Å². The number of aliphatic hydroxyl groups is 1. The van der Waals surface area contributed by atoms with Crippen LogP contribution >= 0.6 is 0 Å². The van der Waals surface area contributed by atoms with E-state index in [9.17, 15) is 0 Å². The van der Waals surface area contributed by atoms with Crippen molar-refractivity contribution in [2.45, 2.75) is 13.3 Å². The van der Waals surface area contributed by atoms with Crippen LogP contribution < -0.4 is 0 Å². The third kappa shape index (κ3) is 18.2. The first kappa shape index (κ1) is 15.9. The molecule has 0 aromatic heterocycles. The van der Waals surface area contributed by atoms with Gasteiger partial charge in [0.05, 0.1) is 0 Å². The Labute approximate surface area is 84.4 Å². The molecule has 0 saturated heterocycles. The molecular formula is C4H9OWY-. The molecule has 0 heterocycles. The Hall–Kier alpha value is 1.75. The van der Waals surface area contributed by atoms with Crippen LogP contribution in [0, 0.1) is 6.42 Å². The fourth-order valence-electron chi connectivity index (χ4n) is 0.129. The summed E-state index contributed by atoms with van der Waals surface area (Å²) >= 11 is 0. The zero-order chi connectivity index (χ0) is 4.12. The summed E-state index contributed by atoms with van der Waals surface area (Å²) in [7, 11) is 0. The fourth-order valence-corrected chi connectivity index (χ4v) is 0.129. The maximum Gasteiger partial charge on any atom is 0 e. The number of hydrogen-bond acceptors (Lipinski definition) is 1. The minimum atomic E-state index is 0. The fraction of sp³-hybridized carbons (Fsp3) is 0.750. The first-order valence-corrected chi connectivity index (χ1v) is 1.84. The van der Waals surface area contributed by atoms with Crippen molar-refractivity contribution in [3.05, 3.63) is 6.42 Å². The van der Waals surface area contributed by atoms with Crippen molar-refractivity contribution in [1.29, 1.82) is 0 Å². The molecule has 41 valence electrons. The molecule has 0 aromatic carbocycles. The van der Waals surface area contributed by atoms with Gasteiger partial charge < -0.3 is 11.5 Å². The van der Waals surface area contributed by atoms with Gasteiger partial charge in [-0.05, 0) is 0 Å². The van der Waals surface area contributed by atoms with Crippen LogP contribution in [0.15, 0.2) is 0 Å². The summed E-state index contributed by atoms with van der Waals surface area (Å²) in [6, 6.07) is 0. The molecule has 1 nitrogen and oxygen atoms in total. The second-order valence-corrected chi connectivity index (χ2v) is 0.879. The predicted molar refractivity (Wildman–Crippen MR) is 21.7 cm³/mol. The molecule has 0 unspecified atom stereocenters. The van der Waals surface area contributed by atoms with Gasteiger partial charge in [-0.3, -0.25) is 0 Å². The summed E-state index contributed by atoms with van der Waals surface area (Å²) in [5, 5.41) is 8.01. The molecule has 0 atom stereocenters. The third-order valence-corrected chi connectivity index (χ3v) is 0.418. The average molecular weight is 346 g/mol. The minimum Gasteiger partial charge on any atom is -0.428 e. The number of aliphatic hydroxyl groups excluding tert-OH is 1. The molecule has 0 fully saturated rings. The Morgan fingerprint density at radius 3 is 2.00 bits per heavy atom. The maximum atomic E-state index is 8.01. The summed E-state index contributed by atoms with van der Waals surface area (Å²) in [5.74, 6) is 0. The van der Waals surface area contributed by atoms with Gasteiger partial charge in [0, 0.05) is 53.8 Å². The van der Waals surface area contributed by atoms with Crippen LogP contribution in [0.25, 0.3) is 0 Å². The van der Waals surface area contributed by atoms with Crippen molar-refractivity contribution in [1.82, 2.24) is 0 Å². The molecule has 0 aliphatic heterocycles. The van der Waals surface area contributed by atoms with Crippen LogP contribution in [0.2, 0.25) is 0 Å². The Morgan fingerprint density at radius 2 is 2.00 bits per heavy atom. The van der Waals surface area contributed by atoms with Crippen LogP contribution in [0.1, 0.15) is 13.3 Å². The van der Waals surface area contributed by atoms with Crippen molar-refractivity contribution in [3.8, 4) is 0 Å². The zero-order valence-corrected chi connectivity index (χ0v) is 10.2. The molecule has 3 heteroatoms. The zero-order valence-electron chi connectivity index (χ0n) is 4.42. The standard InChI is InChI=1S/C4H9O.W.Y/c1-2-3-4-5;;/h3,5H,2,4H2,1H3;;/q-1;;. The second-order valence-electron chi connectivity index (χ2n) is 0.879. The molecule has 0 aliphatic carbocycles. The van der Waals surface area contributed by atoms with Gasteiger partial charge in [0.25, 0.3) is 0 Å². The Kier molecular flexibility index (Phi) is 35.5. The normalized spacial score (nSPS) is 6.00. The van der Waals surface area contributed by atoms with Crippen molar-refractivity contribution in [2.75, 3.05) is 6.61 Å². The molecule has 7 heavy (non-hydrogen) atoms. The molecule has 0 aliphatic rings. The van der Waals surface area contributed by atoms with Crippen molar-refractivity contribution < 1.29 is 58.9 Å². The second kappa shape index (κ2) is 15.7. The third-order valence-electron chi connectivity index (χ3n) is 0.418. The van der Waals surface area contributed by atoms with E-state index in [1.807, 2.05) is 6.92 Å². The summed E-state index contributed by atoms with van der Waals surface area (Å²) in [5.41, 5.74) is 0. The maximum absolute atomic E-state index is 8.01. The van der Waals surface area contributed by atoms with Crippen molar-refractivity contribution >= 4 is 0 Å². The van der Waals surface area contributed by atoms with E-state index in [0.29, 0.717) is 0 Å². The average Bonchev–Trinajstić information content (AvgIpc) is 1.41. The van der Waals surface area contributed by atoms with E-state index in [1.54, 1.807) is 6.42 Å². The molecule has 0 bridgehead atoms. The van der Waals surface area contributed by atoms with Gasteiger partial charge in [-0.25, -0.2) is 0 Å². The Bertz CT molecular complexity index is 19.2. The largest absolute Gasteiger partial charge is 0.428 e. The van der Waals surface area contributed by atoms with Gasteiger partial charge in [0.1, 0.15) is 0 Å². The molecule has 0 spiro atoms. The summed E-state index contributed by atoms with van der Waals surface area (Å²) < 4.78 is 0. The Morgan fingerprint density at radius 1 is 1.57 bits per heavy atom. The van der Waals surface area contributed by atoms with Crippen LogP contribution in [-0.2, 0) is 53.8 Å². The SMILES string of the molecule is CC[CH-]CO.[W].[Y]. The molecule has 1 N–H and O–H groups in total. The minimum absolute atomic E-state index is 0. The molecule has 1 radical (unpaired) electrons. The van der Waals surface area contributed by atoms with E-state index in [-0.39, 0.29) is 60.4 Å². The van der Waals surface area contributed by atoms with Gasteiger partial charge in [-0.1, -0.05) is 13.5 Å². The van der Waals surface area contributed by atoms with E-state index >= 15 is 0 Å². The predicted octanol–water partition coefficient (Wildman–Crippen LogP) is 0.588. The van der Waals surface area contributed by atoms with Crippen molar-refractivity contribution in [3.63, 3.8) is 0 Å². The van der Waals surface area contributed by atoms with Crippen LogP contribution in [0.3, 0.4) is 0 Å². The number of unbranched alkanes of at least 4 members (excludes halogenated alkanes) is 1. The summed E-state index contributed by atoms with van der Waals surface area (Å²) in [4.78, 5) is 0. The van der Waals surface area contributed by atoms with Gasteiger partial charge >= 0.3 is 0 Å². The van der Waals surface area contributed by atoms with Gasteiger partial charge in [0.2, 0.25) is 0 Å². The van der Waals surface area contributed by atoms with E-state index in [2.05, 4.69) is 0 Å². The van der Waals surface area contributed by atoms with E-state index < -0.39 is 0 Å². The molecule has 0 amide bonds. The molecule has 0 rings (SSSR count). The number of rotatable bonds is 2. The number of hydrogen-bond donors (Lipinski definition) is 1. The van der Waals surface area contributed by atoms with E-state index in [1.165, 1.54) is 0 Å². The molecular weight excluding hydrogens is 337 g/mol.